The Balaban J connectivity index is 1.66. The van der Waals surface area contributed by atoms with Crippen molar-refractivity contribution in [2.45, 2.75) is 224 Å². The molecule has 0 aliphatic rings. The average molecular weight is 685 g/mol. The number of aryl methyl sites for hydroxylation is 2. The van der Waals surface area contributed by atoms with E-state index in [1.165, 1.54) is 185 Å². The summed E-state index contributed by atoms with van der Waals surface area (Å²) in [5.41, 5.74) is 2.12. The fourth-order valence-corrected chi connectivity index (χ4v) is 8.31. The fraction of sp³-hybridized carbons (Fsp3) is 0.773. The summed E-state index contributed by atoms with van der Waals surface area (Å²) >= 11 is 0. The van der Waals surface area contributed by atoms with Gasteiger partial charge in [-0.1, -0.05) is 218 Å². The minimum Gasteiger partial charge on any atom is -0.282 e. The number of rotatable bonds is 33. The zero-order valence-electron chi connectivity index (χ0n) is 31.7. The van der Waals surface area contributed by atoms with E-state index in [-0.39, 0.29) is 4.90 Å². The van der Waals surface area contributed by atoms with Crippen molar-refractivity contribution in [2.75, 3.05) is 0 Å². The molecule has 0 heterocycles. The molecule has 2 rings (SSSR count). The quantitative estimate of drug-likeness (QED) is 0.0601. The zero-order chi connectivity index (χ0) is 34.5. The van der Waals surface area contributed by atoms with Crippen LogP contribution in [-0.2, 0) is 23.0 Å². The maximum atomic E-state index is 12.3. The smallest absolute Gasteiger partial charge is 0.282 e. The van der Waals surface area contributed by atoms with E-state index in [0.717, 1.165) is 35.6 Å². The van der Waals surface area contributed by atoms with Crippen LogP contribution in [0.15, 0.2) is 35.2 Å². The van der Waals surface area contributed by atoms with E-state index in [1.807, 2.05) is 6.07 Å². The van der Waals surface area contributed by atoms with Crippen molar-refractivity contribution < 1.29 is 13.0 Å². The van der Waals surface area contributed by atoms with Gasteiger partial charge in [0.05, 0.1) is 4.90 Å². The van der Waals surface area contributed by atoms with Crippen LogP contribution in [0.1, 0.15) is 218 Å². The fourth-order valence-electron chi connectivity index (χ4n) is 7.54. The largest absolute Gasteiger partial charge is 0.294 e. The van der Waals surface area contributed by atoms with Crippen LogP contribution < -0.4 is 0 Å². The highest BCUT2D eigenvalue weighted by molar-refractivity contribution is 7.85. The van der Waals surface area contributed by atoms with E-state index in [1.54, 1.807) is 6.07 Å². The Labute approximate surface area is 298 Å². The number of fused-ring (bicyclic) bond motifs is 1. The van der Waals surface area contributed by atoms with Gasteiger partial charge in [0.15, 0.2) is 0 Å². The highest BCUT2D eigenvalue weighted by Gasteiger charge is 2.18. The van der Waals surface area contributed by atoms with Crippen molar-refractivity contribution in [3.8, 4) is 0 Å². The van der Waals surface area contributed by atoms with Gasteiger partial charge in [-0.05, 0) is 53.6 Å². The van der Waals surface area contributed by atoms with Gasteiger partial charge in [-0.2, -0.15) is 8.42 Å². The highest BCUT2D eigenvalue weighted by Crippen LogP contribution is 2.31. The number of hydrogen-bond acceptors (Lipinski definition) is 2. The molecule has 0 saturated carbocycles. The van der Waals surface area contributed by atoms with E-state index >= 15 is 0 Å². The third-order valence-electron chi connectivity index (χ3n) is 10.6. The Kier molecular flexibility index (Phi) is 25.2. The van der Waals surface area contributed by atoms with Crippen LogP contribution in [0.3, 0.4) is 0 Å². The lowest BCUT2D eigenvalue weighted by Gasteiger charge is -2.14. The molecule has 0 atom stereocenters. The van der Waals surface area contributed by atoms with Gasteiger partial charge in [0.2, 0.25) is 0 Å². The van der Waals surface area contributed by atoms with Gasteiger partial charge in [0.1, 0.15) is 0 Å². The Morgan fingerprint density at radius 1 is 0.417 bits per heavy atom. The molecule has 0 amide bonds. The predicted octanol–water partition coefficient (Wildman–Crippen LogP) is 14.9. The van der Waals surface area contributed by atoms with Gasteiger partial charge in [-0.15, -0.1) is 0 Å². The Morgan fingerprint density at radius 2 is 0.771 bits per heavy atom. The van der Waals surface area contributed by atoms with Gasteiger partial charge in [0, 0.05) is 0 Å². The molecular formula is C44H76O3S. The van der Waals surface area contributed by atoms with Crippen LogP contribution in [0.2, 0.25) is 0 Å². The standard InChI is InChI=1S/C44H76O3S/c1-3-5-7-9-11-13-15-17-19-21-23-25-27-29-31-34-40-35-33-37-42-41(40)38-39-44(48(45,46)47)43(42)36-32-30-28-26-24-22-20-18-16-14-12-10-8-6-4-2/h33,35,37-39H,3-32,34,36H2,1-2H3,(H,45,46,47). The molecule has 1 N–H and O–H groups in total. The molecular weight excluding hydrogens is 609 g/mol. The third kappa shape index (κ3) is 19.7. The maximum absolute atomic E-state index is 12.3. The van der Waals surface area contributed by atoms with Crippen molar-refractivity contribution in [2.24, 2.45) is 0 Å². The first-order chi connectivity index (χ1) is 23.5. The second-order valence-electron chi connectivity index (χ2n) is 14.9. The Hall–Kier alpha value is -1.39. The molecule has 0 radical (unpaired) electrons. The monoisotopic (exact) mass is 685 g/mol. The molecule has 0 fully saturated rings. The van der Waals surface area contributed by atoms with Gasteiger partial charge in [-0.25, -0.2) is 0 Å². The van der Waals surface area contributed by atoms with Gasteiger partial charge < -0.3 is 0 Å². The Morgan fingerprint density at radius 3 is 1.15 bits per heavy atom. The van der Waals surface area contributed by atoms with Crippen LogP contribution in [0, 0.1) is 0 Å². The second kappa shape index (κ2) is 28.3. The molecule has 0 unspecified atom stereocenters. The second-order valence-corrected chi connectivity index (χ2v) is 16.3. The molecule has 2 aromatic carbocycles. The first-order valence-corrected chi connectivity index (χ1v) is 22.4. The summed E-state index contributed by atoms with van der Waals surface area (Å²) in [7, 11) is -4.25. The number of unbranched alkanes of at least 4 members (excludes halogenated alkanes) is 28. The number of benzene rings is 2. The summed E-state index contributed by atoms with van der Waals surface area (Å²) in [4.78, 5) is 0.101. The van der Waals surface area contributed by atoms with Crippen LogP contribution >= 0.6 is 0 Å². The third-order valence-corrected chi connectivity index (χ3v) is 11.5. The van der Waals surface area contributed by atoms with Gasteiger partial charge >= 0.3 is 0 Å². The summed E-state index contributed by atoms with van der Waals surface area (Å²) in [6.07, 6.45) is 41.9. The summed E-state index contributed by atoms with van der Waals surface area (Å²) < 4.78 is 34.7. The topological polar surface area (TPSA) is 54.4 Å². The number of hydrogen-bond donors (Lipinski definition) is 1. The average Bonchev–Trinajstić information content (AvgIpc) is 3.07. The van der Waals surface area contributed by atoms with Gasteiger partial charge in [0.25, 0.3) is 10.1 Å². The molecule has 2 aromatic rings. The van der Waals surface area contributed by atoms with Crippen molar-refractivity contribution >= 4 is 20.9 Å². The summed E-state index contributed by atoms with van der Waals surface area (Å²) in [5.74, 6) is 0. The normalized spacial score (nSPS) is 12.0. The summed E-state index contributed by atoms with van der Waals surface area (Å²) in [5, 5.41) is 2.17. The molecule has 0 aliphatic heterocycles. The molecule has 3 nitrogen and oxygen atoms in total. The minimum absolute atomic E-state index is 0.101. The molecule has 0 saturated heterocycles. The van der Waals surface area contributed by atoms with E-state index in [9.17, 15) is 13.0 Å². The maximum Gasteiger partial charge on any atom is 0.294 e. The molecule has 0 aromatic heterocycles. The molecule has 48 heavy (non-hydrogen) atoms. The highest BCUT2D eigenvalue weighted by atomic mass is 32.2. The lowest BCUT2D eigenvalue weighted by Crippen LogP contribution is -2.05. The molecule has 276 valence electrons. The van der Waals surface area contributed by atoms with E-state index in [2.05, 4.69) is 32.0 Å². The zero-order valence-corrected chi connectivity index (χ0v) is 32.5. The van der Waals surface area contributed by atoms with Crippen LogP contribution in [0.5, 0.6) is 0 Å². The molecule has 4 heteroatoms. The first-order valence-electron chi connectivity index (χ1n) is 21.0. The predicted molar refractivity (Wildman–Crippen MR) is 211 cm³/mol. The first kappa shape index (κ1) is 42.8. The Bertz CT molecular complexity index is 1160. The van der Waals surface area contributed by atoms with Crippen LogP contribution in [0.4, 0.5) is 0 Å². The molecule has 0 spiro atoms. The van der Waals surface area contributed by atoms with Crippen molar-refractivity contribution in [3.63, 3.8) is 0 Å². The van der Waals surface area contributed by atoms with E-state index in [0.29, 0.717) is 6.42 Å². The minimum atomic E-state index is -4.25. The van der Waals surface area contributed by atoms with Crippen molar-refractivity contribution in [1.29, 1.82) is 0 Å². The van der Waals surface area contributed by atoms with Gasteiger partial charge in [-0.3, -0.25) is 4.55 Å². The van der Waals surface area contributed by atoms with E-state index < -0.39 is 10.1 Å². The lowest BCUT2D eigenvalue weighted by atomic mass is 9.94. The molecule has 0 aliphatic carbocycles. The van der Waals surface area contributed by atoms with Crippen molar-refractivity contribution in [3.05, 3.63) is 41.5 Å². The SMILES string of the molecule is CCCCCCCCCCCCCCCCCc1cccc2c(CCCCCCCCCCCCCCCCC)c(S(=O)(=O)O)ccc12. The summed E-state index contributed by atoms with van der Waals surface area (Å²) in [6, 6.07) is 9.91. The summed E-state index contributed by atoms with van der Waals surface area (Å²) in [6.45, 7) is 4.57. The van der Waals surface area contributed by atoms with Crippen molar-refractivity contribution in [1.82, 2.24) is 0 Å². The van der Waals surface area contributed by atoms with Crippen LogP contribution in [0.25, 0.3) is 10.8 Å². The molecule has 0 bridgehead atoms. The van der Waals surface area contributed by atoms with Crippen LogP contribution in [-0.4, -0.2) is 13.0 Å². The lowest BCUT2D eigenvalue weighted by molar-refractivity contribution is 0.482. The van der Waals surface area contributed by atoms with E-state index in [4.69, 9.17) is 0 Å².